The molecule has 14 nitrogen and oxygen atoms in total. The van der Waals surface area contributed by atoms with E-state index in [0.29, 0.717) is 4.90 Å². The molecule has 0 aromatic heterocycles. The van der Waals surface area contributed by atoms with Gasteiger partial charge in [0.1, 0.15) is 5.71 Å². The van der Waals surface area contributed by atoms with Crippen LogP contribution in [0.5, 0.6) is 0 Å². The number of nitrogens with one attached hydrogen (secondary N) is 2. The van der Waals surface area contributed by atoms with Crippen LogP contribution in [0.1, 0.15) is 0 Å². The van der Waals surface area contributed by atoms with Gasteiger partial charge in [-0.15, -0.1) is 0 Å². The van der Waals surface area contributed by atoms with E-state index in [1.807, 2.05) is 0 Å². The molecule has 0 saturated carbocycles. The number of carbonyl (C=O) groups excluding carboxylic acids is 3. The first-order valence-corrected chi connectivity index (χ1v) is 12.8. The fourth-order valence-corrected chi connectivity index (χ4v) is 4.10. The predicted molar refractivity (Wildman–Crippen MR) is 128 cm³/mol. The first-order valence-electron chi connectivity index (χ1n) is 9.28. The van der Waals surface area contributed by atoms with Crippen molar-refractivity contribution in [2.45, 2.75) is 9.79 Å². The smallest absolute Gasteiger partial charge is 0.282 e. The molecule has 8 N–H and O–H groups in total. The molecule has 0 aliphatic carbocycles. The van der Waals surface area contributed by atoms with E-state index in [0.717, 1.165) is 36.4 Å². The lowest BCUT2D eigenvalue weighted by molar-refractivity contribution is -0.127. The largest absolute Gasteiger partial charge is 0.375 e. The number of hydrazone groups is 1. The summed E-state index contributed by atoms with van der Waals surface area (Å²) in [5.74, 6) is -4.72. The topological polar surface area (TPSA) is 237 Å². The Hall–Kier alpha value is -3.77. The van der Waals surface area contributed by atoms with E-state index in [9.17, 15) is 31.2 Å². The van der Waals surface area contributed by atoms with Gasteiger partial charge in [-0.05, 0) is 60.7 Å². The number of nitrogens with zero attached hydrogens (tertiary/aromatic N) is 2. The molecule has 2 aromatic rings. The highest BCUT2D eigenvalue weighted by molar-refractivity contribution is 7.89. The van der Waals surface area contributed by atoms with Crippen LogP contribution in [-0.2, 0) is 34.4 Å². The lowest BCUT2D eigenvalue weighted by Gasteiger charge is -2.14. The Morgan fingerprint density at radius 2 is 1.40 bits per heavy atom. The van der Waals surface area contributed by atoms with E-state index in [1.165, 1.54) is 12.1 Å². The molecule has 1 aliphatic rings. The number of thiocarbonyl (C=S) groups is 1. The average Bonchev–Trinajstić information content (AvgIpc) is 3.00. The minimum atomic E-state index is -4.03. The Morgan fingerprint density at radius 3 is 1.86 bits per heavy atom. The van der Waals surface area contributed by atoms with Gasteiger partial charge in [-0.3, -0.25) is 19.8 Å². The molecule has 1 aliphatic heterocycles. The molecule has 1 fully saturated rings. The van der Waals surface area contributed by atoms with Gasteiger partial charge in [0.25, 0.3) is 11.8 Å². The van der Waals surface area contributed by atoms with Crippen LogP contribution < -0.4 is 31.7 Å². The number of nitrogens with two attached hydrogens (primary N) is 3. The first kappa shape index (κ1) is 25.8. The Labute approximate surface area is 204 Å². The van der Waals surface area contributed by atoms with E-state index in [2.05, 4.69) is 28.1 Å². The number of anilines is 2. The zero-order valence-corrected chi connectivity index (χ0v) is 19.9. The highest BCUT2D eigenvalue weighted by Gasteiger charge is 2.50. The van der Waals surface area contributed by atoms with Crippen molar-refractivity contribution in [3.63, 3.8) is 0 Å². The van der Waals surface area contributed by atoms with E-state index in [1.54, 1.807) is 0 Å². The summed E-state index contributed by atoms with van der Waals surface area (Å²) in [5, 5.41) is 15.8. The molecule has 3 rings (SSSR count). The van der Waals surface area contributed by atoms with E-state index in [-0.39, 0.29) is 26.3 Å². The molecule has 1 unspecified atom stereocenters. The summed E-state index contributed by atoms with van der Waals surface area (Å²) < 4.78 is 45.7. The number of hydrogen-bond acceptors (Lipinski definition) is 9. The zero-order chi connectivity index (χ0) is 26.1. The van der Waals surface area contributed by atoms with Crippen LogP contribution >= 0.6 is 12.2 Å². The zero-order valence-electron chi connectivity index (χ0n) is 17.4. The lowest BCUT2D eigenvalue weighted by atomic mass is 10.0. The maximum Gasteiger partial charge on any atom is 0.282 e. The standard InChI is InChI=1S/C18H17N7O7S3/c19-18(33)24-23-14-13(15(26)22-9-1-5-11(6-2-9)34(20,29)30)16(27)25(17(14)28)10-3-7-12(8-4-10)35(21,31)32/h1-8,13H,(H,22,26)(H3,19,24,33)(H2,20,29,30)(H2,21,31,32)/b23-14+. The van der Waals surface area contributed by atoms with E-state index < -0.39 is 49.4 Å². The maximum absolute atomic E-state index is 13.1. The summed E-state index contributed by atoms with van der Waals surface area (Å²) in [4.78, 5) is 39.2. The fraction of sp³-hybridized carbons (Fsp3) is 0.0556. The summed E-state index contributed by atoms with van der Waals surface area (Å²) in [5.41, 5.74) is 6.98. The van der Waals surface area contributed by atoms with Crippen LogP contribution in [0.2, 0.25) is 0 Å². The Bertz CT molecular complexity index is 1470. The van der Waals surface area contributed by atoms with Crippen LogP contribution in [0.3, 0.4) is 0 Å². The van der Waals surface area contributed by atoms with Crippen LogP contribution in [0.25, 0.3) is 0 Å². The Morgan fingerprint density at radius 1 is 0.914 bits per heavy atom. The van der Waals surface area contributed by atoms with Gasteiger partial charge in [0.2, 0.25) is 26.0 Å². The summed E-state index contributed by atoms with van der Waals surface area (Å²) in [6, 6.07) is 9.19. The van der Waals surface area contributed by atoms with Crippen LogP contribution in [0.4, 0.5) is 11.4 Å². The van der Waals surface area contributed by atoms with Crippen molar-refractivity contribution in [2.24, 2.45) is 27.0 Å². The van der Waals surface area contributed by atoms with Crippen molar-refractivity contribution in [3.05, 3.63) is 48.5 Å². The molecular weight excluding hydrogens is 522 g/mol. The molecule has 0 radical (unpaired) electrons. The minimum Gasteiger partial charge on any atom is -0.375 e. The lowest BCUT2D eigenvalue weighted by Crippen LogP contribution is -2.35. The molecule has 0 spiro atoms. The summed E-state index contributed by atoms with van der Waals surface area (Å²) in [7, 11) is -8.00. The van der Waals surface area contributed by atoms with Crippen molar-refractivity contribution in [3.8, 4) is 0 Å². The summed E-state index contributed by atoms with van der Waals surface area (Å²) in [6.07, 6.45) is 0. The Kier molecular flexibility index (Phi) is 6.99. The molecule has 1 atom stereocenters. The Balaban J connectivity index is 1.95. The second-order valence-electron chi connectivity index (χ2n) is 6.98. The number of amides is 3. The third kappa shape index (κ3) is 5.66. The second-order valence-corrected chi connectivity index (χ2v) is 10.5. The quantitative estimate of drug-likeness (QED) is 0.121. The van der Waals surface area contributed by atoms with Crippen molar-refractivity contribution < 1.29 is 31.2 Å². The second kappa shape index (κ2) is 9.47. The highest BCUT2D eigenvalue weighted by atomic mass is 32.2. The number of rotatable bonds is 6. The monoisotopic (exact) mass is 539 g/mol. The molecule has 3 amide bonds. The number of sulfonamides is 2. The van der Waals surface area contributed by atoms with Crippen molar-refractivity contribution in [1.82, 2.24) is 5.43 Å². The van der Waals surface area contributed by atoms with Crippen LogP contribution in [-0.4, -0.2) is 45.4 Å². The maximum atomic E-state index is 13.1. The minimum absolute atomic E-state index is 0.0526. The molecule has 184 valence electrons. The molecule has 2 aromatic carbocycles. The highest BCUT2D eigenvalue weighted by Crippen LogP contribution is 2.27. The van der Waals surface area contributed by atoms with E-state index >= 15 is 0 Å². The predicted octanol–water partition coefficient (Wildman–Crippen LogP) is -1.70. The van der Waals surface area contributed by atoms with Gasteiger partial charge in [0.15, 0.2) is 11.0 Å². The van der Waals surface area contributed by atoms with Crippen molar-refractivity contribution in [2.75, 3.05) is 10.2 Å². The normalized spacial score (nSPS) is 17.5. The van der Waals surface area contributed by atoms with E-state index in [4.69, 9.17) is 16.0 Å². The van der Waals surface area contributed by atoms with Gasteiger partial charge in [0.05, 0.1) is 15.5 Å². The molecule has 1 saturated heterocycles. The average molecular weight is 540 g/mol. The third-order valence-corrected chi connectivity index (χ3v) is 6.54. The molecule has 17 heteroatoms. The van der Waals surface area contributed by atoms with Crippen LogP contribution in [0.15, 0.2) is 63.4 Å². The van der Waals surface area contributed by atoms with Crippen molar-refractivity contribution >= 4 is 72.2 Å². The van der Waals surface area contributed by atoms with Gasteiger partial charge < -0.3 is 11.1 Å². The number of primary sulfonamides is 2. The van der Waals surface area contributed by atoms with Crippen molar-refractivity contribution in [1.29, 1.82) is 0 Å². The van der Waals surface area contributed by atoms with Gasteiger partial charge in [-0.2, -0.15) is 5.10 Å². The number of imide groups is 1. The van der Waals surface area contributed by atoms with Gasteiger partial charge >= 0.3 is 0 Å². The molecular formula is C18H17N7O7S3. The summed E-state index contributed by atoms with van der Waals surface area (Å²) in [6.45, 7) is 0. The molecule has 0 bridgehead atoms. The first-order chi connectivity index (χ1) is 16.2. The van der Waals surface area contributed by atoms with Gasteiger partial charge in [-0.25, -0.2) is 32.0 Å². The summed E-state index contributed by atoms with van der Waals surface area (Å²) >= 11 is 4.64. The third-order valence-electron chi connectivity index (χ3n) is 4.59. The fourth-order valence-electron chi connectivity index (χ4n) is 3.02. The van der Waals surface area contributed by atoms with Crippen LogP contribution in [0, 0.1) is 5.92 Å². The number of benzene rings is 2. The molecule has 35 heavy (non-hydrogen) atoms. The van der Waals surface area contributed by atoms with Gasteiger partial charge in [-0.1, -0.05) is 0 Å². The number of hydrogen-bond donors (Lipinski definition) is 5. The number of carbonyl (C=O) groups is 3. The molecule has 1 heterocycles. The SMILES string of the molecule is NC(=S)N/N=C1/C(=O)N(c2ccc(S(N)(=O)=O)cc2)C(=O)C1C(=O)Nc1ccc(S(N)(=O)=O)cc1. The van der Waals surface area contributed by atoms with Gasteiger partial charge in [0, 0.05) is 5.69 Å².